The summed E-state index contributed by atoms with van der Waals surface area (Å²) in [5, 5.41) is 5.01. The summed E-state index contributed by atoms with van der Waals surface area (Å²) >= 11 is 0. The number of hydrogen-bond acceptors (Lipinski definition) is 2. The molecule has 9 aromatic rings. The van der Waals surface area contributed by atoms with Gasteiger partial charge in [0.1, 0.15) is 0 Å². The van der Waals surface area contributed by atoms with Crippen molar-refractivity contribution in [2.75, 3.05) is 23.9 Å². The molecule has 0 radical (unpaired) electrons. The smallest absolute Gasteiger partial charge is 0.0529 e. The van der Waals surface area contributed by atoms with Crippen LogP contribution in [0.1, 0.15) is 49.9 Å². The highest BCUT2D eigenvalue weighted by molar-refractivity contribution is 6.20. The van der Waals surface area contributed by atoms with E-state index in [-0.39, 0.29) is 10.8 Å². The third-order valence-electron chi connectivity index (χ3n) is 13.9. The Hall–Kier alpha value is -6.90. The molecule has 0 saturated carbocycles. The first kappa shape index (κ1) is 36.2. The van der Waals surface area contributed by atoms with Crippen LogP contribution in [0.2, 0.25) is 0 Å². The third kappa shape index (κ3) is 5.20. The molecule has 0 aliphatic carbocycles. The van der Waals surface area contributed by atoms with Gasteiger partial charge in [0.15, 0.2) is 0 Å². The topological polar surface area (TPSA) is 6.48 Å². The summed E-state index contributed by atoms with van der Waals surface area (Å²) in [6, 6.07) is 67.9. The van der Waals surface area contributed by atoms with Gasteiger partial charge >= 0.3 is 0 Å². The first-order chi connectivity index (χ1) is 29.1. The zero-order valence-corrected chi connectivity index (χ0v) is 35.2. The Labute approximate surface area is 354 Å². The maximum Gasteiger partial charge on any atom is 0.0529 e. The molecule has 0 spiro atoms. The highest BCUT2D eigenvalue weighted by Crippen LogP contribution is 2.55. The van der Waals surface area contributed by atoms with E-state index < -0.39 is 0 Å². The van der Waals surface area contributed by atoms with E-state index in [1.165, 1.54) is 111 Å². The third-order valence-corrected chi connectivity index (χ3v) is 13.9. The van der Waals surface area contributed by atoms with Crippen molar-refractivity contribution in [2.45, 2.75) is 38.5 Å². The summed E-state index contributed by atoms with van der Waals surface area (Å²) in [6.07, 6.45) is 0. The van der Waals surface area contributed by atoms with Crippen molar-refractivity contribution in [2.24, 2.45) is 0 Å². The van der Waals surface area contributed by atoms with E-state index in [0.717, 1.165) is 0 Å². The van der Waals surface area contributed by atoms with Crippen molar-refractivity contribution < 1.29 is 0 Å². The summed E-state index contributed by atoms with van der Waals surface area (Å²) < 4.78 is 0. The van der Waals surface area contributed by atoms with Crippen LogP contribution in [0.4, 0.5) is 22.7 Å². The molecule has 2 nitrogen and oxygen atoms in total. The van der Waals surface area contributed by atoms with E-state index in [1.54, 1.807) is 0 Å². The van der Waals surface area contributed by atoms with Gasteiger partial charge < -0.3 is 9.80 Å². The fraction of sp³-hybridized carbons (Fsp3) is 0.138. The van der Waals surface area contributed by atoms with Gasteiger partial charge in [0.2, 0.25) is 0 Å². The first-order valence-corrected chi connectivity index (χ1v) is 21.2. The lowest BCUT2D eigenvalue weighted by atomic mass is 9.72. The minimum absolute atomic E-state index is 0.157. The Morgan fingerprint density at radius 2 is 0.700 bits per heavy atom. The Kier molecular flexibility index (Phi) is 8.03. The predicted octanol–water partition coefficient (Wildman–Crippen LogP) is 15.5. The van der Waals surface area contributed by atoms with E-state index in [9.17, 15) is 0 Å². The fourth-order valence-corrected chi connectivity index (χ4v) is 10.8. The van der Waals surface area contributed by atoms with Gasteiger partial charge in [-0.05, 0) is 95.4 Å². The molecule has 60 heavy (non-hydrogen) atoms. The minimum Gasteiger partial charge on any atom is -0.344 e. The van der Waals surface area contributed by atoms with Crippen LogP contribution in [0.3, 0.4) is 0 Å². The summed E-state index contributed by atoms with van der Waals surface area (Å²) in [7, 11) is 4.48. The van der Waals surface area contributed by atoms with Crippen LogP contribution in [-0.2, 0) is 10.8 Å². The van der Waals surface area contributed by atoms with E-state index in [4.69, 9.17) is 0 Å². The first-order valence-electron chi connectivity index (χ1n) is 21.2. The van der Waals surface area contributed by atoms with Crippen LogP contribution >= 0.6 is 0 Å². The zero-order chi connectivity index (χ0) is 40.9. The summed E-state index contributed by atoms with van der Waals surface area (Å²) in [6.45, 7) is 9.50. The average molecular weight is 773 g/mol. The van der Waals surface area contributed by atoms with Crippen molar-refractivity contribution in [3.63, 3.8) is 0 Å². The number of hydrogen-bond donors (Lipinski definition) is 0. The molecule has 0 aromatic heterocycles. The molecule has 0 bridgehead atoms. The van der Waals surface area contributed by atoms with Gasteiger partial charge in [0, 0.05) is 47.4 Å². The number of fused-ring (bicyclic) bond motifs is 6. The monoisotopic (exact) mass is 772 g/mol. The van der Waals surface area contributed by atoms with Crippen LogP contribution in [0.5, 0.6) is 0 Å². The van der Waals surface area contributed by atoms with Gasteiger partial charge in [-0.25, -0.2) is 0 Å². The Morgan fingerprint density at radius 3 is 1.20 bits per heavy atom. The SMILES string of the molecule is CN1c2ccccc2C(C)(C)c2cccc(-c3cccc4c(-c5ccc(-c6ccccc6)cc5)c5cccc(-c6cccc7c6N(C)c6ccccc6C7(C)C)c5cc34)c21. The van der Waals surface area contributed by atoms with Crippen molar-refractivity contribution in [3.8, 4) is 44.5 Å². The molecule has 2 heterocycles. The zero-order valence-electron chi connectivity index (χ0n) is 35.2. The largest absolute Gasteiger partial charge is 0.344 e. The fourth-order valence-electron chi connectivity index (χ4n) is 10.8. The molecule has 0 amide bonds. The van der Waals surface area contributed by atoms with Crippen molar-refractivity contribution in [3.05, 3.63) is 204 Å². The average Bonchev–Trinajstić information content (AvgIpc) is 3.29. The standard InChI is InChI=1S/C58H48N2/c1-57(2)48-26-10-12-30-52(48)59(5)55-44(24-16-28-50(55)57)40-20-14-22-42-46(40)36-47-41(45-25-17-29-51-56(45)60(6)53-31-13-11-27-49(53)58(51,3)4)21-15-23-43(47)54(42)39-34-32-38(33-35-39)37-18-8-7-9-19-37/h7-36H,1-6H3. The molecule has 2 heteroatoms. The van der Waals surface area contributed by atoms with Crippen LogP contribution in [0, 0.1) is 0 Å². The molecule has 2 aliphatic heterocycles. The summed E-state index contributed by atoms with van der Waals surface area (Å²) in [5.74, 6) is 0. The van der Waals surface area contributed by atoms with Crippen LogP contribution in [-0.4, -0.2) is 14.1 Å². The molecule has 0 fully saturated rings. The van der Waals surface area contributed by atoms with Crippen LogP contribution in [0.25, 0.3) is 66.1 Å². The Balaban J connectivity index is 1.21. The minimum atomic E-state index is -0.157. The molecule has 0 unspecified atom stereocenters. The molecule has 0 N–H and O–H groups in total. The Bertz CT molecular complexity index is 3000. The number of benzene rings is 9. The number of nitrogens with zero attached hydrogens (tertiary/aromatic N) is 2. The summed E-state index contributed by atoms with van der Waals surface area (Å²) in [5.41, 5.74) is 20.1. The molecule has 0 atom stereocenters. The van der Waals surface area contributed by atoms with Crippen molar-refractivity contribution in [1.82, 2.24) is 0 Å². The van der Waals surface area contributed by atoms with E-state index in [2.05, 4.69) is 234 Å². The second-order valence-electron chi connectivity index (χ2n) is 17.8. The second kappa shape index (κ2) is 13.3. The summed E-state index contributed by atoms with van der Waals surface area (Å²) in [4.78, 5) is 4.84. The van der Waals surface area contributed by atoms with Gasteiger partial charge in [-0.2, -0.15) is 0 Å². The van der Waals surface area contributed by atoms with Gasteiger partial charge in [-0.1, -0.05) is 191 Å². The van der Waals surface area contributed by atoms with Crippen LogP contribution in [0.15, 0.2) is 182 Å². The lowest BCUT2D eigenvalue weighted by molar-refractivity contribution is 0.630. The molecular formula is C58H48N2. The number of anilines is 4. The van der Waals surface area contributed by atoms with Gasteiger partial charge in [0.05, 0.1) is 11.4 Å². The molecule has 9 aromatic carbocycles. The normalized spacial score (nSPS) is 14.7. The molecule has 290 valence electrons. The highest BCUT2D eigenvalue weighted by Gasteiger charge is 2.38. The lowest BCUT2D eigenvalue weighted by Gasteiger charge is -2.41. The molecular weight excluding hydrogens is 725 g/mol. The van der Waals surface area contributed by atoms with E-state index in [0.29, 0.717) is 0 Å². The van der Waals surface area contributed by atoms with Crippen LogP contribution < -0.4 is 9.80 Å². The Morgan fingerprint density at radius 1 is 0.317 bits per heavy atom. The maximum absolute atomic E-state index is 2.50. The second-order valence-corrected chi connectivity index (χ2v) is 17.8. The molecule has 11 rings (SSSR count). The quantitative estimate of drug-likeness (QED) is 0.164. The highest BCUT2D eigenvalue weighted by atomic mass is 15.1. The van der Waals surface area contributed by atoms with E-state index >= 15 is 0 Å². The number of para-hydroxylation sites is 4. The van der Waals surface area contributed by atoms with E-state index in [1.807, 2.05) is 0 Å². The van der Waals surface area contributed by atoms with Gasteiger partial charge in [0.25, 0.3) is 0 Å². The van der Waals surface area contributed by atoms with Gasteiger partial charge in [-0.3, -0.25) is 0 Å². The molecule has 0 saturated heterocycles. The molecule has 2 aliphatic rings. The maximum atomic E-state index is 2.50. The lowest BCUT2D eigenvalue weighted by Crippen LogP contribution is -2.31. The van der Waals surface area contributed by atoms with Gasteiger partial charge in [-0.15, -0.1) is 0 Å². The number of rotatable bonds is 4. The van der Waals surface area contributed by atoms with Crippen molar-refractivity contribution in [1.29, 1.82) is 0 Å². The van der Waals surface area contributed by atoms with Crippen molar-refractivity contribution >= 4 is 44.3 Å². The predicted molar refractivity (Wildman–Crippen MR) is 256 cm³/mol.